The van der Waals surface area contributed by atoms with Gasteiger partial charge >= 0.3 is 11.9 Å². The third kappa shape index (κ3) is 3.27. The molecule has 2 aromatic heterocycles. The number of rotatable bonds is 3. The molecule has 0 amide bonds. The molecule has 0 spiro atoms. The minimum Gasteiger partial charge on any atom is -0.458 e. The van der Waals surface area contributed by atoms with Crippen molar-refractivity contribution in [2.45, 2.75) is 39.2 Å². The Bertz CT molecular complexity index is 805. The van der Waals surface area contributed by atoms with Crippen molar-refractivity contribution < 1.29 is 23.8 Å². The maximum absolute atomic E-state index is 11.6. The predicted octanol–water partition coefficient (Wildman–Crippen LogP) is 1.04. The molecule has 2 aromatic rings. The Labute approximate surface area is 144 Å². The predicted molar refractivity (Wildman–Crippen MR) is 87.2 cm³/mol. The van der Waals surface area contributed by atoms with Crippen LogP contribution in [0.2, 0.25) is 0 Å². The van der Waals surface area contributed by atoms with Gasteiger partial charge in [-0.05, 0) is 6.07 Å². The maximum atomic E-state index is 11.6. The van der Waals surface area contributed by atoms with Crippen LogP contribution in [-0.2, 0) is 23.8 Å². The Morgan fingerprint density at radius 1 is 1.24 bits per heavy atom. The van der Waals surface area contributed by atoms with E-state index in [1.807, 2.05) is 6.92 Å². The fourth-order valence-electron chi connectivity index (χ4n) is 3.05. The third-order valence-corrected chi connectivity index (χ3v) is 4.11. The first kappa shape index (κ1) is 17.2. The van der Waals surface area contributed by atoms with Crippen molar-refractivity contribution in [2.75, 3.05) is 12.3 Å². The highest BCUT2D eigenvalue weighted by atomic mass is 16.6. The second-order valence-electron chi connectivity index (χ2n) is 6.07. The number of nitrogens with two attached hydrogens (primary N) is 1. The van der Waals surface area contributed by atoms with Gasteiger partial charge in [0, 0.05) is 26.0 Å². The zero-order valence-electron chi connectivity index (χ0n) is 14.2. The molecule has 0 aromatic carbocycles. The Morgan fingerprint density at radius 2 is 1.92 bits per heavy atom. The van der Waals surface area contributed by atoms with Crippen LogP contribution in [0.25, 0.3) is 11.0 Å². The summed E-state index contributed by atoms with van der Waals surface area (Å²) in [5, 5.41) is 0.662. The van der Waals surface area contributed by atoms with Gasteiger partial charge in [-0.15, -0.1) is 0 Å². The fraction of sp³-hybridized carbons (Fsp3) is 0.500. The molecule has 9 nitrogen and oxygen atoms in total. The number of carbonyl (C=O) groups is 2. The molecule has 1 fully saturated rings. The number of ether oxygens (including phenoxy) is 3. The number of carbonyl (C=O) groups excluding carboxylic acids is 2. The van der Waals surface area contributed by atoms with Crippen molar-refractivity contribution in [1.82, 2.24) is 14.5 Å². The largest absolute Gasteiger partial charge is 0.458 e. The molecule has 4 atom stereocenters. The molecule has 1 aliphatic rings. The average molecular weight is 348 g/mol. The van der Waals surface area contributed by atoms with Gasteiger partial charge in [-0.3, -0.25) is 9.59 Å². The standard InChI is InChI=1S/C16H20N4O5/c1-8-6-23-16(13(25-10(3)22)12(8)24-9(2)21)20-5-4-11-14(17)18-7-19-15(11)20/h4-5,7-8,12-13,16H,6H2,1-3H3,(H2,17,18,19)/t8-,12+,13-,16-/m1/s1. The molecule has 134 valence electrons. The Hall–Kier alpha value is -2.68. The molecule has 3 rings (SSSR count). The lowest BCUT2D eigenvalue weighted by atomic mass is 9.96. The summed E-state index contributed by atoms with van der Waals surface area (Å²) in [4.78, 5) is 31.3. The van der Waals surface area contributed by atoms with Gasteiger partial charge in [0.2, 0.25) is 0 Å². The summed E-state index contributed by atoms with van der Waals surface area (Å²) in [6, 6.07) is 1.76. The van der Waals surface area contributed by atoms with Crippen LogP contribution in [-0.4, -0.2) is 45.3 Å². The monoisotopic (exact) mass is 348 g/mol. The first-order valence-electron chi connectivity index (χ1n) is 7.91. The van der Waals surface area contributed by atoms with Gasteiger partial charge < -0.3 is 24.5 Å². The summed E-state index contributed by atoms with van der Waals surface area (Å²) in [7, 11) is 0. The molecule has 25 heavy (non-hydrogen) atoms. The van der Waals surface area contributed by atoms with Crippen molar-refractivity contribution in [3.63, 3.8) is 0 Å². The molecule has 1 aliphatic heterocycles. The van der Waals surface area contributed by atoms with E-state index in [0.717, 1.165) is 0 Å². The van der Waals surface area contributed by atoms with Crippen LogP contribution in [0.1, 0.15) is 27.0 Å². The highest BCUT2D eigenvalue weighted by Crippen LogP contribution is 2.34. The summed E-state index contributed by atoms with van der Waals surface area (Å²) in [5.41, 5.74) is 6.42. The molecular weight excluding hydrogens is 328 g/mol. The van der Waals surface area contributed by atoms with Gasteiger partial charge in [-0.1, -0.05) is 6.92 Å². The van der Waals surface area contributed by atoms with E-state index in [9.17, 15) is 9.59 Å². The van der Waals surface area contributed by atoms with Crippen molar-refractivity contribution in [3.8, 4) is 0 Å². The zero-order valence-corrected chi connectivity index (χ0v) is 14.2. The lowest BCUT2D eigenvalue weighted by molar-refractivity contribution is -0.219. The summed E-state index contributed by atoms with van der Waals surface area (Å²) in [6.45, 7) is 4.82. The molecule has 2 N–H and O–H groups in total. The van der Waals surface area contributed by atoms with Crippen molar-refractivity contribution in [3.05, 3.63) is 18.6 Å². The zero-order chi connectivity index (χ0) is 18.1. The van der Waals surface area contributed by atoms with E-state index >= 15 is 0 Å². The number of esters is 2. The van der Waals surface area contributed by atoms with E-state index in [1.165, 1.54) is 20.2 Å². The molecule has 0 aliphatic carbocycles. The number of nitrogens with zero attached hydrogens (tertiary/aromatic N) is 3. The summed E-state index contributed by atoms with van der Waals surface area (Å²) in [5.74, 6) is -0.728. The smallest absolute Gasteiger partial charge is 0.303 e. The van der Waals surface area contributed by atoms with E-state index in [0.29, 0.717) is 23.5 Å². The molecule has 0 radical (unpaired) electrons. The Morgan fingerprint density at radius 3 is 2.60 bits per heavy atom. The second kappa shape index (κ2) is 6.67. The highest BCUT2D eigenvalue weighted by Gasteiger charge is 2.44. The number of hydrogen-bond acceptors (Lipinski definition) is 8. The van der Waals surface area contributed by atoms with E-state index in [4.69, 9.17) is 19.9 Å². The first-order valence-corrected chi connectivity index (χ1v) is 7.91. The molecule has 0 bridgehead atoms. The summed E-state index contributed by atoms with van der Waals surface area (Å²) in [6.07, 6.45) is 0.951. The second-order valence-corrected chi connectivity index (χ2v) is 6.07. The lowest BCUT2D eigenvalue weighted by Crippen LogP contribution is -2.50. The number of fused-ring (bicyclic) bond motifs is 1. The van der Waals surface area contributed by atoms with Gasteiger partial charge in [-0.25, -0.2) is 9.97 Å². The highest BCUT2D eigenvalue weighted by molar-refractivity contribution is 5.86. The van der Waals surface area contributed by atoms with Crippen LogP contribution in [0.15, 0.2) is 18.6 Å². The van der Waals surface area contributed by atoms with Gasteiger partial charge in [0.15, 0.2) is 12.3 Å². The van der Waals surface area contributed by atoms with Crippen LogP contribution in [0.3, 0.4) is 0 Å². The maximum Gasteiger partial charge on any atom is 0.303 e. The van der Waals surface area contributed by atoms with E-state index < -0.39 is 30.4 Å². The van der Waals surface area contributed by atoms with Gasteiger partial charge in [0.25, 0.3) is 0 Å². The molecule has 3 heterocycles. The fourth-order valence-corrected chi connectivity index (χ4v) is 3.05. The summed E-state index contributed by atoms with van der Waals surface area (Å²) < 4.78 is 18.5. The first-order chi connectivity index (χ1) is 11.9. The van der Waals surface area contributed by atoms with Crippen LogP contribution in [0.5, 0.6) is 0 Å². The normalized spacial score (nSPS) is 26.4. The van der Waals surface area contributed by atoms with Crippen LogP contribution < -0.4 is 5.73 Å². The SMILES string of the molecule is CC(=O)O[C@@H]1[C@@H](OC(C)=O)[C@H](n2ccc3c(N)ncnc32)OC[C@H]1C. The number of anilines is 1. The minimum absolute atomic E-state index is 0.133. The summed E-state index contributed by atoms with van der Waals surface area (Å²) >= 11 is 0. The minimum atomic E-state index is -0.808. The van der Waals surface area contributed by atoms with Crippen LogP contribution in [0, 0.1) is 5.92 Å². The van der Waals surface area contributed by atoms with Crippen molar-refractivity contribution >= 4 is 28.8 Å². The van der Waals surface area contributed by atoms with Crippen LogP contribution >= 0.6 is 0 Å². The number of nitrogen functional groups attached to an aromatic ring is 1. The average Bonchev–Trinajstić information content (AvgIpc) is 2.96. The molecule has 9 heteroatoms. The lowest BCUT2D eigenvalue weighted by Gasteiger charge is -2.40. The van der Waals surface area contributed by atoms with Crippen molar-refractivity contribution in [1.29, 1.82) is 0 Å². The Kier molecular flexibility index (Phi) is 4.58. The van der Waals surface area contributed by atoms with Crippen molar-refractivity contribution in [2.24, 2.45) is 5.92 Å². The molecule has 1 saturated heterocycles. The molecular formula is C16H20N4O5. The molecule has 0 unspecified atom stereocenters. The van der Waals surface area contributed by atoms with E-state index in [2.05, 4.69) is 9.97 Å². The van der Waals surface area contributed by atoms with E-state index in [1.54, 1.807) is 16.8 Å². The topological polar surface area (TPSA) is 119 Å². The van der Waals surface area contributed by atoms with Gasteiger partial charge in [0.1, 0.15) is 23.9 Å². The molecule has 0 saturated carbocycles. The Balaban J connectivity index is 2.03. The number of aromatic nitrogens is 3. The van der Waals surface area contributed by atoms with Gasteiger partial charge in [0.05, 0.1) is 12.0 Å². The van der Waals surface area contributed by atoms with Crippen LogP contribution in [0.4, 0.5) is 5.82 Å². The van der Waals surface area contributed by atoms with Gasteiger partial charge in [-0.2, -0.15) is 0 Å². The number of hydrogen-bond donors (Lipinski definition) is 1. The van der Waals surface area contributed by atoms with E-state index in [-0.39, 0.29) is 5.92 Å². The third-order valence-electron chi connectivity index (χ3n) is 4.11. The quantitative estimate of drug-likeness (QED) is 0.817.